The highest BCUT2D eigenvalue weighted by molar-refractivity contribution is 5.07. The highest BCUT2D eigenvalue weighted by atomic mass is 16.1. The zero-order chi connectivity index (χ0) is 12.5. The van der Waals surface area contributed by atoms with Crippen molar-refractivity contribution < 1.29 is 0 Å². The molecule has 2 rings (SSSR count). The Balaban J connectivity index is 2.18. The van der Waals surface area contributed by atoms with Gasteiger partial charge < -0.3 is 4.98 Å². The third-order valence-corrected chi connectivity index (χ3v) is 3.90. The Morgan fingerprint density at radius 1 is 1.41 bits per heavy atom. The van der Waals surface area contributed by atoms with E-state index in [2.05, 4.69) is 23.8 Å². The van der Waals surface area contributed by atoms with Crippen LogP contribution >= 0.6 is 0 Å². The van der Waals surface area contributed by atoms with Crippen LogP contribution < -0.4 is 5.56 Å². The van der Waals surface area contributed by atoms with Gasteiger partial charge in [0.25, 0.3) is 5.56 Å². The monoisotopic (exact) mass is 234 g/mol. The van der Waals surface area contributed by atoms with Crippen LogP contribution in [0.15, 0.2) is 10.9 Å². The largest absolute Gasteiger partial charge is 0.310 e. The van der Waals surface area contributed by atoms with Crippen LogP contribution in [-0.4, -0.2) is 9.97 Å². The van der Waals surface area contributed by atoms with Crippen LogP contribution in [0, 0.1) is 5.41 Å². The number of hydrogen-bond donors (Lipinski definition) is 1. The normalized spacial score (nSPS) is 20.4. The smallest absolute Gasteiger partial charge is 0.251 e. The van der Waals surface area contributed by atoms with Crippen LogP contribution in [0.5, 0.6) is 0 Å². The fraction of sp³-hybridized carbons (Fsp3) is 0.714. The van der Waals surface area contributed by atoms with E-state index in [4.69, 9.17) is 0 Å². The van der Waals surface area contributed by atoms with Gasteiger partial charge in [-0.15, -0.1) is 0 Å². The summed E-state index contributed by atoms with van der Waals surface area (Å²) in [7, 11) is 0. The van der Waals surface area contributed by atoms with E-state index in [1.165, 1.54) is 12.8 Å². The van der Waals surface area contributed by atoms with Crippen molar-refractivity contribution in [2.24, 2.45) is 5.41 Å². The first-order valence-corrected chi connectivity index (χ1v) is 6.60. The second-order valence-corrected chi connectivity index (χ2v) is 5.91. The van der Waals surface area contributed by atoms with Crippen molar-refractivity contribution in [3.63, 3.8) is 0 Å². The molecule has 0 spiro atoms. The molecule has 1 N–H and O–H groups in total. The van der Waals surface area contributed by atoms with Crippen molar-refractivity contribution in [2.75, 3.05) is 0 Å². The lowest BCUT2D eigenvalue weighted by Gasteiger charge is -2.33. The van der Waals surface area contributed by atoms with Gasteiger partial charge in [0.1, 0.15) is 5.82 Å². The van der Waals surface area contributed by atoms with Gasteiger partial charge in [0.05, 0.1) is 0 Å². The predicted octanol–water partition coefficient (Wildman–Crippen LogP) is 3.02. The van der Waals surface area contributed by atoms with E-state index in [1.54, 1.807) is 6.07 Å². The highest BCUT2D eigenvalue weighted by Crippen LogP contribution is 2.41. The first-order valence-electron chi connectivity index (χ1n) is 6.60. The Bertz CT molecular complexity index is 438. The second-order valence-electron chi connectivity index (χ2n) is 5.91. The van der Waals surface area contributed by atoms with Crippen LogP contribution in [0.25, 0.3) is 0 Å². The lowest BCUT2D eigenvalue weighted by molar-refractivity contribution is 0.220. The third kappa shape index (κ3) is 2.96. The van der Waals surface area contributed by atoms with Gasteiger partial charge >= 0.3 is 0 Å². The lowest BCUT2D eigenvalue weighted by Crippen LogP contribution is -2.23. The van der Waals surface area contributed by atoms with Crippen molar-refractivity contribution in [3.8, 4) is 0 Å². The minimum absolute atomic E-state index is 0.00307. The van der Waals surface area contributed by atoms with Gasteiger partial charge in [-0.3, -0.25) is 4.79 Å². The number of nitrogens with zero attached hydrogens (tertiary/aromatic N) is 1. The van der Waals surface area contributed by atoms with E-state index in [1.807, 2.05) is 6.92 Å². The van der Waals surface area contributed by atoms with Crippen molar-refractivity contribution in [1.82, 2.24) is 9.97 Å². The number of aryl methyl sites for hydroxylation is 1. The minimum Gasteiger partial charge on any atom is -0.310 e. The van der Waals surface area contributed by atoms with Crippen molar-refractivity contribution in [1.29, 1.82) is 0 Å². The maximum Gasteiger partial charge on any atom is 0.251 e. The van der Waals surface area contributed by atoms with Gasteiger partial charge in [-0.1, -0.05) is 20.8 Å². The molecule has 0 radical (unpaired) electrons. The van der Waals surface area contributed by atoms with Gasteiger partial charge in [-0.25, -0.2) is 4.98 Å². The van der Waals surface area contributed by atoms with E-state index in [0.717, 1.165) is 30.8 Å². The van der Waals surface area contributed by atoms with Crippen LogP contribution in [0.4, 0.5) is 0 Å². The zero-order valence-electron chi connectivity index (χ0n) is 11.0. The Labute approximate surface area is 103 Å². The lowest BCUT2D eigenvalue weighted by atomic mass is 9.73. The fourth-order valence-corrected chi connectivity index (χ4v) is 2.58. The van der Waals surface area contributed by atoms with Gasteiger partial charge in [0, 0.05) is 17.7 Å². The first kappa shape index (κ1) is 12.3. The summed E-state index contributed by atoms with van der Waals surface area (Å²) in [5.74, 6) is 1.35. The highest BCUT2D eigenvalue weighted by Gasteiger charge is 2.28. The van der Waals surface area contributed by atoms with E-state index in [-0.39, 0.29) is 5.56 Å². The molecule has 1 aromatic rings. The minimum atomic E-state index is -0.00307. The molecular weight excluding hydrogens is 212 g/mol. The summed E-state index contributed by atoms with van der Waals surface area (Å²) < 4.78 is 0. The summed E-state index contributed by atoms with van der Waals surface area (Å²) in [5, 5.41) is 0. The van der Waals surface area contributed by atoms with Gasteiger partial charge in [0.2, 0.25) is 0 Å². The van der Waals surface area contributed by atoms with Gasteiger partial charge in [-0.05, 0) is 37.5 Å². The molecule has 1 fully saturated rings. The average Bonchev–Trinajstić information content (AvgIpc) is 2.28. The van der Waals surface area contributed by atoms with Crippen LogP contribution in [0.1, 0.15) is 63.9 Å². The molecule has 3 heteroatoms. The van der Waals surface area contributed by atoms with E-state index in [9.17, 15) is 4.79 Å². The number of nitrogens with one attached hydrogen (secondary N) is 1. The number of aromatic nitrogens is 2. The molecule has 0 amide bonds. The Morgan fingerprint density at radius 2 is 2.06 bits per heavy atom. The molecule has 3 nitrogen and oxygen atoms in total. The molecule has 0 unspecified atom stereocenters. The molecule has 0 aromatic carbocycles. The van der Waals surface area contributed by atoms with Gasteiger partial charge in [-0.2, -0.15) is 0 Å². The van der Waals surface area contributed by atoms with Crippen LogP contribution in [-0.2, 0) is 6.42 Å². The summed E-state index contributed by atoms with van der Waals surface area (Å²) >= 11 is 0. The molecule has 0 bridgehead atoms. The summed E-state index contributed by atoms with van der Waals surface area (Å²) in [4.78, 5) is 19.0. The van der Waals surface area contributed by atoms with Crippen LogP contribution in [0.2, 0.25) is 0 Å². The summed E-state index contributed by atoms with van der Waals surface area (Å²) in [6.07, 6.45) is 5.55. The quantitative estimate of drug-likeness (QED) is 0.855. The molecule has 17 heavy (non-hydrogen) atoms. The Hall–Kier alpha value is -1.12. The van der Waals surface area contributed by atoms with Crippen molar-refractivity contribution in [3.05, 3.63) is 27.9 Å². The molecule has 0 saturated heterocycles. The van der Waals surface area contributed by atoms with Crippen molar-refractivity contribution in [2.45, 2.75) is 58.8 Å². The molecule has 0 aliphatic heterocycles. The number of rotatable bonds is 2. The third-order valence-electron chi connectivity index (χ3n) is 3.90. The SMILES string of the molecule is CCc1cc(=O)[nH]c(C2CCC(C)(C)CC2)n1. The maximum atomic E-state index is 11.5. The number of aromatic amines is 1. The summed E-state index contributed by atoms with van der Waals surface area (Å²) in [6.45, 7) is 6.68. The zero-order valence-corrected chi connectivity index (χ0v) is 11.0. The number of hydrogen-bond acceptors (Lipinski definition) is 2. The fourth-order valence-electron chi connectivity index (χ4n) is 2.58. The predicted molar refractivity (Wildman–Crippen MR) is 69.2 cm³/mol. The first-order chi connectivity index (χ1) is 8.00. The molecule has 1 aromatic heterocycles. The number of H-pyrrole nitrogens is 1. The average molecular weight is 234 g/mol. The Kier molecular flexibility index (Phi) is 3.36. The van der Waals surface area contributed by atoms with Gasteiger partial charge in [0.15, 0.2) is 0 Å². The molecular formula is C14H22N2O. The van der Waals surface area contributed by atoms with Crippen molar-refractivity contribution >= 4 is 0 Å². The molecule has 1 aliphatic carbocycles. The molecule has 94 valence electrons. The standard InChI is InChI=1S/C14H22N2O/c1-4-11-9-12(17)16-13(15-11)10-5-7-14(2,3)8-6-10/h9-10H,4-8H2,1-3H3,(H,15,16,17). The molecule has 0 atom stereocenters. The Morgan fingerprint density at radius 3 is 2.65 bits per heavy atom. The maximum absolute atomic E-state index is 11.5. The summed E-state index contributed by atoms with van der Waals surface area (Å²) in [5.41, 5.74) is 1.37. The van der Waals surface area contributed by atoms with E-state index < -0.39 is 0 Å². The van der Waals surface area contributed by atoms with E-state index in [0.29, 0.717) is 11.3 Å². The topological polar surface area (TPSA) is 45.8 Å². The molecule has 1 aliphatic rings. The van der Waals surface area contributed by atoms with E-state index >= 15 is 0 Å². The van der Waals surface area contributed by atoms with Crippen LogP contribution in [0.3, 0.4) is 0 Å². The molecule has 1 saturated carbocycles. The molecule has 1 heterocycles. The summed E-state index contributed by atoms with van der Waals surface area (Å²) in [6, 6.07) is 1.61. The second kappa shape index (κ2) is 4.63.